The van der Waals surface area contributed by atoms with Crippen LogP contribution in [-0.4, -0.2) is 46.5 Å². The molecular weight excluding hydrogens is 490 g/mol. The number of carbonyl (C=O) groups is 1. The Morgan fingerprint density at radius 3 is 2.38 bits per heavy atom. The summed E-state index contributed by atoms with van der Waals surface area (Å²) >= 11 is 0. The minimum atomic E-state index is -3.89. The van der Waals surface area contributed by atoms with Crippen LogP contribution >= 0.6 is 0 Å². The Morgan fingerprint density at radius 1 is 1.00 bits per heavy atom. The summed E-state index contributed by atoms with van der Waals surface area (Å²) in [5.41, 5.74) is 2.48. The quantitative estimate of drug-likeness (QED) is 0.410. The van der Waals surface area contributed by atoms with Crippen LogP contribution in [0.3, 0.4) is 0 Å². The van der Waals surface area contributed by atoms with Gasteiger partial charge in [-0.1, -0.05) is 19.1 Å². The van der Waals surface area contributed by atoms with Crippen LogP contribution in [0.1, 0.15) is 35.7 Å². The zero-order chi connectivity index (χ0) is 26.4. The number of nitrogens with zero attached hydrogens (tertiary/aromatic N) is 1. The molecule has 9 heteroatoms. The fraction of sp³-hybridized carbons (Fsp3) is 0.321. The average Bonchev–Trinajstić information content (AvgIpc) is 2.89. The van der Waals surface area contributed by atoms with E-state index in [1.165, 1.54) is 44.8 Å². The Hall–Kier alpha value is -3.56. The molecule has 1 amide bonds. The summed E-state index contributed by atoms with van der Waals surface area (Å²) in [5, 5.41) is 2.83. The van der Waals surface area contributed by atoms with Crippen molar-refractivity contribution < 1.29 is 22.7 Å². The van der Waals surface area contributed by atoms with Gasteiger partial charge in [0.1, 0.15) is 11.5 Å². The minimum Gasteiger partial charge on any atom is -0.497 e. The lowest BCUT2D eigenvalue weighted by molar-refractivity contribution is 0.102. The predicted octanol–water partition coefficient (Wildman–Crippen LogP) is 4.99. The van der Waals surface area contributed by atoms with Gasteiger partial charge in [-0.15, -0.1) is 0 Å². The highest BCUT2D eigenvalue weighted by Crippen LogP contribution is 2.31. The monoisotopic (exact) mass is 523 g/mol. The predicted molar refractivity (Wildman–Crippen MR) is 145 cm³/mol. The van der Waals surface area contributed by atoms with Crippen LogP contribution in [0, 0.1) is 5.92 Å². The Balaban J connectivity index is 1.38. The van der Waals surface area contributed by atoms with Crippen molar-refractivity contribution in [2.45, 2.75) is 31.2 Å². The molecule has 1 saturated heterocycles. The topological polar surface area (TPSA) is 97.0 Å². The van der Waals surface area contributed by atoms with Crippen LogP contribution < -0.4 is 19.5 Å². The van der Waals surface area contributed by atoms with E-state index in [0.717, 1.165) is 25.6 Å². The molecule has 2 N–H and O–H groups in total. The largest absolute Gasteiger partial charge is 0.497 e. The number of methoxy groups -OCH3 is 2. The summed E-state index contributed by atoms with van der Waals surface area (Å²) in [7, 11) is -0.936. The molecule has 37 heavy (non-hydrogen) atoms. The summed E-state index contributed by atoms with van der Waals surface area (Å²) in [4.78, 5) is 15.2. The van der Waals surface area contributed by atoms with E-state index in [1.807, 2.05) is 24.3 Å². The molecular formula is C28H33N3O5S. The van der Waals surface area contributed by atoms with Crippen molar-refractivity contribution >= 4 is 27.3 Å². The summed E-state index contributed by atoms with van der Waals surface area (Å²) in [6.45, 7) is 5.39. The van der Waals surface area contributed by atoms with E-state index in [0.29, 0.717) is 22.7 Å². The molecule has 0 aromatic heterocycles. The van der Waals surface area contributed by atoms with Crippen LogP contribution in [0.4, 0.5) is 11.4 Å². The lowest BCUT2D eigenvalue weighted by atomic mass is 9.99. The Bertz CT molecular complexity index is 1320. The van der Waals surface area contributed by atoms with Gasteiger partial charge in [-0.25, -0.2) is 8.42 Å². The highest BCUT2D eigenvalue weighted by molar-refractivity contribution is 7.92. The second-order valence-corrected chi connectivity index (χ2v) is 11.0. The van der Waals surface area contributed by atoms with Crippen molar-refractivity contribution in [2.75, 3.05) is 37.3 Å². The molecule has 0 saturated carbocycles. The van der Waals surface area contributed by atoms with Crippen LogP contribution in [0.15, 0.2) is 71.6 Å². The van der Waals surface area contributed by atoms with Gasteiger partial charge in [0.25, 0.3) is 15.9 Å². The van der Waals surface area contributed by atoms with Gasteiger partial charge in [-0.3, -0.25) is 14.4 Å². The van der Waals surface area contributed by atoms with Crippen molar-refractivity contribution in [1.82, 2.24) is 4.90 Å². The number of hydrogen-bond acceptors (Lipinski definition) is 6. The van der Waals surface area contributed by atoms with E-state index in [9.17, 15) is 13.2 Å². The summed E-state index contributed by atoms with van der Waals surface area (Å²) in [6, 6.07) is 18.5. The smallest absolute Gasteiger partial charge is 0.262 e. The normalized spacial score (nSPS) is 16.1. The molecule has 3 aromatic rings. The molecule has 0 aliphatic carbocycles. The summed E-state index contributed by atoms with van der Waals surface area (Å²) in [6.07, 6.45) is 2.52. The Kier molecular flexibility index (Phi) is 8.35. The minimum absolute atomic E-state index is 0.0479. The second-order valence-electron chi connectivity index (χ2n) is 9.33. The van der Waals surface area contributed by atoms with Crippen molar-refractivity contribution in [2.24, 2.45) is 5.92 Å². The maximum atomic E-state index is 12.9. The van der Waals surface area contributed by atoms with Gasteiger partial charge in [0.15, 0.2) is 0 Å². The lowest BCUT2D eigenvalue weighted by Crippen LogP contribution is -2.33. The number of nitrogens with one attached hydrogen (secondary N) is 2. The number of ether oxygens (including phenoxy) is 2. The molecule has 0 spiro atoms. The SMILES string of the molecule is COc1ccc(OC)c(NS(=O)(=O)c2ccc(NC(=O)c3ccc(CN4CCCC(C)C4)cc3)cc2)c1. The fourth-order valence-corrected chi connectivity index (χ4v) is 5.53. The van der Waals surface area contributed by atoms with E-state index in [4.69, 9.17) is 9.47 Å². The maximum Gasteiger partial charge on any atom is 0.262 e. The first-order valence-electron chi connectivity index (χ1n) is 12.2. The number of benzene rings is 3. The molecule has 1 fully saturated rings. The molecule has 1 aliphatic rings. The highest BCUT2D eigenvalue weighted by atomic mass is 32.2. The first-order chi connectivity index (χ1) is 17.8. The molecule has 0 radical (unpaired) electrons. The van der Waals surface area contributed by atoms with E-state index < -0.39 is 10.0 Å². The summed E-state index contributed by atoms with van der Waals surface area (Å²) < 4.78 is 38.8. The van der Waals surface area contributed by atoms with Gasteiger partial charge in [0, 0.05) is 30.4 Å². The third-order valence-corrected chi connectivity index (χ3v) is 7.82. The zero-order valence-corrected chi connectivity index (χ0v) is 22.2. The molecule has 1 heterocycles. The molecule has 1 atom stereocenters. The molecule has 4 rings (SSSR count). The number of hydrogen-bond donors (Lipinski definition) is 2. The van der Waals surface area contributed by atoms with Gasteiger partial charge in [0.05, 0.1) is 24.8 Å². The van der Waals surface area contributed by atoms with Gasteiger partial charge >= 0.3 is 0 Å². The average molecular weight is 524 g/mol. The third kappa shape index (κ3) is 6.81. The van der Waals surface area contributed by atoms with Gasteiger partial charge in [0.2, 0.25) is 0 Å². The van der Waals surface area contributed by atoms with Crippen LogP contribution in [0.5, 0.6) is 11.5 Å². The fourth-order valence-electron chi connectivity index (χ4n) is 4.47. The lowest BCUT2D eigenvalue weighted by Gasteiger charge is -2.30. The van der Waals surface area contributed by atoms with E-state index in [1.54, 1.807) is 30.3 Å². The number of anilines is 2. The first-order valence-corrected chi connectivity index (χ1v) is 13.7. The molecule has 8 nitrogen and oxygen atoms in total. The van der Waals surface area contributed by atoms with Crippen molar-refractivity contribution in [3.8, 4) is 11.5 Å². The van der Waals surface area contributed by atoms with Crippen molar-refractivity contribution in [3.05, 3.63) is 77.9 Å². The molecule has 3 aromatic carbocycles. The van der Waals surface area contributed by atoms with Gasteiger partial charge < -0.3 is 14.8 Å². The molecule has 1 aliphatic heterocycles. The number of carbonyl (C=O) groups excluding carboxylic acids is 1. The van der Waals surface area contributed by atoms with E-state index in [-0.39, 0.29) is 16.5 Å². The second kappa shape index (κ2) is 11.7. The van der Waals surface area contributed by atoms with Crippen molar-refractivity contribution in [3.63, 3.8) is 0 Å². The van der Waals surface area contributed by atoms with Gasteiger partial charge in [-0.2, -0.15) is 0 Å². The first kappa shape index (κ1) is 26.5. The molecule has 1 unspecified atom stereocenters. The van der Waals surface area contributed by atoms with Crippen LogP contribution in [0.25, 0.3) is 0 Å². The number of sulfonamides is 1. The highest BCUT2D eigenvalue weighted by Gasteiger charge is 2.18. The van der Waals surface area contributed by atoms with Crippen LogP contribution in [-0.2, 0) is 16.6 Å². The number of amides is 1. The number of piperidine rings is 1. The maximum absolute atomic E-state index is 12.9. The zero-order valence-electron chi connectivity index (χ0n) is 21.4. The van der Waals surface area contributed by atoms with E-state index in [2.05, 4.69) is 21.9 Å². The van der Waals surface area contributed by atoms with Crippen LogP contribution in [0.2, 0.25) is 0 Å². The Morgan fingerprint density at radius 2 is 1.73 bits per heavy atom. The van der Waals surface area contributed by atoms with Crippen molar-refractivity contribution in [1.29, 1.82) is 0 Å². The third-order valence-electron chi connectivity index (χ3n) is 6.44. The molecule has 196 valence electrons. The Labute approximate surface area is 218 Å². The number of rotatable bonds is 9. The van der Waals surface area contributed by atoms with E-state index >= 15 is 0 Å². The van der Waals surface area contributed by atoms with Gasteiger partial charge in [-0.05, 0) is 79.4 Å². The summed E-state index contributed by atoms with van der Waals surface area (Å²) in [5.74, 6) is 1.32. The standard InChI is InChI=1S/C28H33N3O5S/c1-20-5-4-16-31(18-20)19-21-6-8-22(9-7-21)28(32)29-23-10-13-25(14-11-23)37(33,34)30-26-17-24(35-2)12-15-27(26)36-3/h6-15,17,20,30H,4-5,16,18-19H2,1-3H3,(H,29,32). The number of likely N-dealkylation sites (tertiary alicyclic amines) is 1. The molecule has 0 bridgehead atoms.